The number of unbranched alkanes of at least 4 members (excludes halogenated alkanes) is 12. The van der Waals surface area contributed by atoms with Crippen molar-refractivity contribution in [1.82, 2.24) is 0 Å². The molecular weight excluding hydrogens is 588 g/mol. The fourth-order valence-electron chi connectivity index (χ4n) is 5.86. The van der Waals surface area contributed by atoms with Crippen molar-refractivity contribution in [1.29, 1.82) is 0 Å². The van der Waals surface area contributed by atoms with Gasteiger partial charge >= 0.3 is 11.9 Å². The molecule has 2 aromatic rings. The first kappa shape index (κ1) is 36.9. The van der Waals surface area contributed by atoms with Crippen LogP contribution < -0.4 is 4.74 Å². The number of esters is 2. The van der Waals surface area contributed by atoms with Crippen LogP contribution in [0.3, 0.4) is 0 Å². The number of ether oxygens (including phenoxy) is 4. The quantitative estimate of drug-likeness (QED) is 0.0940. The van der Waals surface area contributed by atoms with Crippen molar-refractivity contribution < 1.29 is 28.5 Å². The minimum Gasteiger partial charge on any atom is -0.494 e. The summed E-state index contributed by atoms with van der Waals surface area (Å²) in [5, 5.41) is 0.674. The zero-order valence-corrected chi connectivity index (χ0v) is 28.4. The molecule has 0 unspecified atom stereocenters. The number of rotatable bonds is 22. The Kier molecular flexibility index (Phi) is 18.1. The van der Waals surface area contributed by atoms with E-state index in [0.717, 1.165) is 61.0 Å². The summed E-state index contributed by atoms with van der Waals surface area (Å²) < 4.78 is 22.4. The Morgan fingerprint density at radius 3 is 2.07 bits per heavy atom. The second kappa shape index (κ2) is 22.0. The van der Waals surface area contributed by atoms with Gasteiger partial charge in [-0.15, -0.1) is 0 Å². The standard InChI is InChI=1S/C38H55ClO6/c1-3-5-6-7-8-9-10-11-12-13-14-15-16-20-37(40)44-29-38(41)43-28-33-18-17-19-36(45-33)31-23-26-35(39)34(27-31)30-21-24-32(25-22-30)42-4-2/h21-27,33,36H,3-20,28-29H2,1-2H3/t33-,36+/m1/s1. The Balaban J connectivity index is 1.27. The number of hydrogen-bond donors (Lipinski definition) is 0. The van der Waals surface area contributed by atoms with Crippen molar-refractivity contribution in [3.8, 4) is 16.9 Å². The van der Waals surface area contributed by atoms with Gasteiger partial charge in [0.25, 0.3) is 0 Å². The Morgan fingerprint density at radius 2 is 1.42 bits per heavy atom. The van der Waals surface area contributed by atoms with E-state index in [2.05, 4.69) is 13.0 Å². The maximum absolute atomic E-state index is 12.3. The normalized spacial score (nSPS) is 16.3. The summed E-state index contributed by atoms with van der Waals surface area (Å²) >= 11 is 6.55. The molecule has 3 rings (SSSR count). The average Bonchev–Trinajstić information content (AvgIpc) is 3.06. The lowest BCUT2D eigenvalue weighted by Gasteiger charge is -2.30. The molecule has 2 aromatic carbocycles. The van der Waals surface area contributed by atoms with Crippen molar-refractivity contribution in [2.24, 2.45) is 0 Å². The van der Waals surface area contributed by atoms with E-state index in [0.29, 0.717) is 18.1 Å². The van der Waals surface area contributed by atoms with Crippen LogP contribution in [-0.4, -0.2) is 37.9 Å². The molecule has 0 bridgehead atoms. The topological polar surface area (TPSA) is 71.1 Å². The molecule has 0 aromatic heterocycles. The van der Waals surface area contributed by atoms with Crippen molar-refractivity contribution in [2.45, 2.75) is 135 Å². The van der Waals surface area contributed by atoms with Crippen molar-refractivity contribution in [2.75, 3.05) is 19.8 Å². The van der Waals surface area contributed by atoms with Gasteiger partial charge < -0.3 is 18.9 Å². The molecule has 7 heteroatoms. The number of carbonyl (C=O) groups excluding carboxylic acids is 2. The molecule has 1 saturated heterocycles. The van der Waals surface area contributed by atoms with Gasteiger partial charge in [-0.05, 0) is 68.0 Å². The molecule has 1 aliphatic rings. The van der Waals surface area contributed by atoms with Crippen LogP contribution in [0.1, 0.15) is 135 Å². The van der Waals surface area contributed by atoms with E-state index in [4.69, 9.17) is 30.5 Å². The van der Waals surface area contributed by atoms with Crippen molar-refractivity contribution in [3.63, 3.8) is 0 Å². The summed E-state index contributed by atoms with van der Waals surface area (Å²) in [6, 6.07) is 13.9. The smallest absolute Gasteiger partial charge is 0.344 e. The molecule has 1 aliphatic heterocycles. The van der Waals surface area contributed by atoms with Gasteiger partial charge in [-0.3, -0.25) is 4.79 Å². The van der Waals surface area contributed by atoms with E-state index in [1.54, 1.807) is 0 Å². The highest BCUT2D eigenvalue weighted by molar-refractivity contribution is 6.33. The lowest BCUT2D eigenvalue weighted by atomic mass is 9.95. The van der Waals surface area contributed by atoms with E-state index < -0.39 is 5.97 Å². The van der Waals surface area contributed by atoms with E-state index in [1.165, 1.54) is 64.2 Å². The Morgan fingerprint density at radius 1 is 0.778 bits per heavy atom. The van der Waals surface area contributed by atoms with Crippen LogP contribution in [0.4, 0.5) is 0 Å². The molecule has 0 amide bonds. The Bertz CT molecular complexity index is 1120. The fraction of sp³-hybridized carbons (Fsp3) is 0.632. The van der Waals surface area contributed by atoms with Crippen LogP contribution in [0.25, 0.3) is 11.1 Å². The second-order valence-electron chi connectivity index (χ2n) is 12.2. The lowest BCUT2D eigenvalue weighted by molar-refractivity contribution is -0.163. The largest absolute Gasteiger partial charge is 0.494 e. The third kappa shape index (κ3) is 14.6. The van der Waals surface area contributed by atoms with E-state index in [9.17, 15) is 9.59 Å². The highest BCUT2D eigenvalue weighted by Gasteiger charge is 2.25. The summed E-state index contributed by atoms with van der Waals surface area (Å²) in [7, 11) is 0. The minimum absolute atomic E-state index is 0.112. The number of hydrogen-bond acceptors (Lipinski definition) is 6. The molecule has 0 aliphatic carbocycles. The summed E-state index contributed by atoms with van der Waals surface area (Å²) in [6.45, 7) is 4.63. The Hall–Kier alpha value is -2.57. The van der Waals surface area contributed by atoms with Gasteiger partial charge in [0.15, 0.2) is 6.61 Å². The van der Waals surface area contributed by atoms with Crippen LogP contribution in [-0.2, 0) is 23.8 Å². The first-order chi connectivity index (χ1) is 22.0. The number of carbonyl (C=O) groups is 2. The summed E-state index contributed by atoms with van der Waals surface area (Å²) in [4.78, 5) is 24.3. The van der Waals surface area contributed by atoms with Crippen LogP contribution >= 0.6 is 11.6 Å². The fourth-order valence-corrected chi connectivity index (χ4v) is 6.08. The molecule has 1 fully saturated rings. The summed E-state index contributed by atoms with van der Waals surface area (Å²) in [5.74, 6) is -0.0510. The summed E-state index contributed by atoms with van der Waals surface area (Å²) in [6.07, 6.45) is 19.0. The highest BCUT2D eigenvalue weighted by Crippen LogP contribution is 2.36. The monoisotopic (exact) mass is 642 g/mol. The Labute approximate surface area is 276 Å². The molecule has 1 heterocycles. The average molecular weight is 643 g/mol. The molecule has 45 heavy (non-hydrogen) atoms. The SMILES string of the molecule is CCCCCCCCCCCCCCCC(=O)OCC(=O)OC[C@H]1CCC[C@@H](c2ccc(Cl)c(-c3ccc(OCC)cc3)c2)O1. The minimum atomic E-state index is -0.538. The molecular formula is C38H55ClO6. The van der Waals surface area contributed by atoms with Crippen LogP contribution in [0, 0.1) is 0 Å². The van der Waals surface area contributed by atoms with E-state index in [1.807, 2.05) is 43.3 Å². The maximum Gasteiger partial charge on any atom is 0.344 e. The van der Waals surface area contributed by atoms with E-state index in [-0.39, 0.29) is 31.4 Å². The highest BCUT2D eigenvalue weighted by atomic mass is 35.5. The van der Waals surface area contributed by atoms with Gasteiger partial charge in [-0.2, -0.15) is 0 Å². The summed E-state index contributed by atoms with van der Waals surface area (Å²) in [5.41, 5.74) is 2.99. The third-order valence-corrected chi connectivity index (χ3v) is 8.78. The molecule has 0 spiro atoms. The van der Waals surface area contributed by atoms with E-state index >= 15 is 0 Å². The van der Waals surface area contributed by atoms with Gasteiger partial charge in [0, 0.05) is 17.0 Å². The van der Waals surface area contributed by atoms with Gasteiger partial charge in [0.1, 0.15) is 12.4 Å². The van der Waals surface area contributed by atoms with Crippen molar-refractivity contribution in [3.05, 3.63) is 53.1 Å². The second-order valence-corrected chi connectivity index (χ2v) is 12.6. The van der Waals surface area contributed by atoms with Gasteiger partial charge in [0.2, 0.25) is 0 Å². The maximum atomic E-state index is 12.3. The first-order valence-electron chi connectivity index (χ1n) is 17.5. The van der Waals surface area contributed by atoms with Crippen LogP contribution in [0.15, 0.2) is 42.5 Å². The zero-order chi connectivity index (χ0) is 32.1. The zero-order valence-electron chi connectivity index (χ0n) is 27.7. The van der Waals surface area contributed by atoms with Crippen LogP contribution in [0.5, 0.6) is 5.75 Å². The molecule has 0 saturated carbocycles. The first-order valence-corrected chi connectivity index (χ1v) is 17.9. The number of halogens is 1. The van der Waals surface area contributed by atoms with Crippen LogP contribution in [0.2, 0.25) is 5.02 Å². The molecule has 250 valence electrons. The van der Waals surface area contributed by atoms with Gasteiger partial charge in [-0.1, -0.05) is 114 Å². The molecule has 2 atom stereocenters. The third-order valence-electron chi connectivity index (χ3n) is 8.45. The predicted molar refractivity (Wildman–Crippen MR) is 182 cm³/mol. The molecule has 6 nitrogen and oxygen atoms in total. The molecule has 0 N–H and O–H groups in total. The van der Waals surface area contributed by atoms with Crippen molar-refractivity contribution >= 4 is 23.5 Å². The molecule has 0 radical (unpaired) electrons. The lowest BCUT2D eigenvalue weighted by Crippen LogP contribution is -2.29. The predicted octanol–water partition coefficient (Wildman–Crippen LogP) is 10.6. The van der Waals surface area contributed by atoms with Gasteiger partial charge in [-0.25, -0.2) is 4.79 Å². The van der Waals surface area contributed by atoms with Gasteiger partial charge in [0.05, 0.1) is 18.8 Å². The number of benzene rings is 2.